The summed E-state index contributed by atoms with van der Waals surface area (Å²) in [6, 6.07) is 1.77. The maximum atomic E-state index is 11.6. The first-order valence-electron chi connectivity index (χ1n) is 5.25. The van der Waals surface area contributed by atoms with Gasteiger partial charge in [-0.05, 0) is 25.0 Å². The van der Waals surface area contributed by atoms with Gasteiger partial charge >= 0.3 is 0 Å². The highest BCUT2D eigenvalue weighted by atomic mass is 16.1. The van der Waals surface area contributed by atoms with Gasteiger partial charge in [-0.2, -0.15) is 0 Å². The lowest BCUT2D eigenvalue weighted by Crippen LogP contribution is -2.29. The first-order valence-corrected chi connectivity index (χ1v) is 5.25. The highest BCUT2D eigenvalue weighted by Gasteiger charge is 2.13. The monoisotopic (exact) mass is 208 g/mol. The summed E-state index contributed by atoms with van der Waals surface area (Å²) in [7, 11) is 11.9. The zero-order valence-electron chi connectivity index (χ0n) is 10.0. The first kappa shape index (κ1) is 12.8. The van der Waals surface area contributed by atoms with E-state index in [4.69, 9.17) is 15.7 Å². The molecule has 0 N–H and O–H groups in total. The van der Waals surface area contributed by atoms with Crippen molar-refractivity contribution < 1.29 is 4.79 Å². The molecule has 0 aliphatic heterocycles. The molecule has 0 aliphatic rings. The van der Waals surface area contributed by atoms with Crippen LogP contribution in [-0.2, 0) is 0 Å². The molecule has 3 heteroatoms. The third kappa shape index (κ3) is 2.13. The van der Waals surface area contributed by atoms with Crippen LogP contribution >= 0.6 is 0 Å². The summed E-state index contributed by atoms with van der Waals surface area (Å²) in [5.41, 5.74) is 3.35. The Morgan fingerprint density at radius 3 is 2.38 bits per heavy atom. The molecule has 4 radical (unpaired) electrons. The predicted octanol–water partition coefficient (Wildman–Crippen LogP) is 1.07. The zero-order chi connectivity index (χ0) is 12.5. The van der Waals surface area contributed by atoms with Gasteiger partial charge in [-0.25, -0.2) is 0 Å². The van der Waals surface area contributed by atoms with Crippen LogP contribution in [-0.4, -0.2) is 21.5 Å². The molecule has 0 atom stereocenters. The van der Waals surface area contributed by atoms with Crippen molar-refractivity contribution in [3.63, 3.8) is 0 Å². The second kappa shape index (κ2) is 4.73. The van der Waals surface area contributed by atoms with Crippen molar-refractivity contribution in [2.45, 2.75) is 26.7 Å². The minimum absolute atomic E-state index is 0.164. The van der Waals surface area contributed by atoms with Gasteiger partial charge in [0.15, 0.2) is 5.78 Å². The van der Waals surface area contributed by atoms with E-state index in [1.807, 2.05) is 20.8 Å². The van der Waals surface area contributed by atoms with Crippen LogP contribution in [0.3, 0.4) is 0 Å². The second-order valence-corrected chi connectivity index (χ2v) is 4.19. The molecule has 0 heterocycles. The van der Waals surface area contributed by atoms with Crippen LogP contribution < -0.4 is 10.9 Å². The van der Waals surface area contributed by atoms with Gasteiger partial charge in [0, 0.05) is 5.56 Å². The van der Waals surface area contributed by atoms with E-state index in [9.17, 15) is 4.79 Å². The van der Waals surface area contributed by atoms with Crippen molar-refractivity contribution in [3.05, 3.63) is 35.4 Å². The van der Waals surface area contributed by atoms with Crippen LogP contribution in [0.1, 0.15) is 41.3 Å². The summed E-state index contributed by atoms with van der Waals surface area (Å²) in [5.74, 6) is 0.0955. The van der Waals surface area contributed by atoms with Crippen molar-refractivity contribution in [1.29, 1.82) is 0 Å². The molecule has 16 heavy (non-hydrogen) atoms. The molecule has 1 rings (SSSR count). The Bertz CT molecular complexity index is 448. The van der Waals surface area contributed by atoms with E-state index in [1.54, 1.807) is 6.07 Å². The van der Waals surface area contributed by atoms with Crippen molar-refractivity contribution in [2.75, 3.05) is 0 Å². The predicted molar refractivity (Wildman–Crippen MR) is 70.6 cm³/mol. The number of carbonyl (C=O) groups excluding carboxylic acids is 1. The lowest BCUT2D eigenvalue weighted by atomic mass is 9.73. The molecule has 1 nitrogen and oxygen atoms in total. The van der Waals surface area contributed by atoms with E-state index < -0.39 is 0 Å². The average molecular weight is 208 g/mol. The minimum atomic E-state index is -0.164. The highest BCUT2D eigenvalue weighted by molar-refractivity contribution is 6.43. The Labute approximate surface area is 99.8 Å². The van der Waals surface area contributed by atoms with Gasteiger partial charge in [0.2, 0.25) is 0 Å². The van der Waals surface area contributed by atoms with E-state index in [1.165, 1.54) is 6.08 Å². The highest BCUT2D eigenvalue weighted by Crippen LogP contribution is 2.14. The fourth-order valence-corrected chi connectivity index (χ4v) is 1.67. The van der Waals surface area contributed by atoms with Gasteiger partial charge in [-0.3, -0.25) is 4.79 Å². The van der Waals surface area contributed by atoms with Crippen LogP contribution in [0.25, 0.3) is 0 Å². The van der Waals surface area contributed by atoms with Crippen LogP contribution in [0.4, 0.5) is 0 Å². The number of hydrogen-bond acceptors (Lipinski definition) is 1. The molecule has 0 spiro atoms. The summed E-state index contributed by atoms with van der Waals surface area (Å²) in [4.78, 5) is 11.6. The molecule has 0 saturated carbocycles. The van der Waals surface area contributed by atoms with Crippen molar-refractivity contribution in [3.8, 4) is 0 Å². The van der Waals surface area contributed by atoms with E-state index in [0.717, 1.165) is 11.1 Å². The van der Waals surface area contributed by atoms with Gasteiger partial charge in [0.1, 0.15) is 15.7 Å². The summed E-state index contributed by atoms with van der Waals surface area (Å²) < 4.78 is 0. The quantitative estimate of drug-likeness (QED) is 0.412. The van der Waals surface area contributed by atoms with Crippen LogP contribution in [0.15, 0.2) is 18.7 Å². The van der Waals surface area contributed by atoms with E-state index in [2.05, 4.69) is 6.58 Å². The smallest absolute Gasteiger partial charge is 0.184 e. The zero-order valence-corrected chi connectivity index (χ0v) is 10.0. The summed E-state index contributed by atoms with van der Waals surface area (Å²) in [6.07, 6.45) is 1.27. The number of benzene rings is 1. The molecule has 0 amide bonds. The van der Waals surface area contributed by atoms with Crippen LogP contribution in [0.2, 0.25) is 0 Å². The second-order valence-electron chi connectivity index (χ2n) is 4.19. The van der Waals surface area contributed by atoms with Gasteiger partial charge in [0.05, 0.1) is 0 Å². The lowest BCUT2D eigenvalue weighted by Gasteiger charge is -2.18. The number of rotatable bonds is 3. The normalized spacial score (nSPS) is 10.5. The lowest BCUT2D eigenvalue weighted by molar-refractivity contribution is 0.104. The Morgan fingerprint density at radius 2 is 1.94 bits per heavy atom. The maximum Gasteiger partial charge on any atom is 0.184 e. The molecule has 0 aliphatic carbocycles. The van der Waals surface area contributed by atoms with Gasteiger partial charge in [-0.1, -0.05) is 42.5 Å². The minimum Gasteiger partial charge on any atom is -0.289 e. The molecule has 1 aromatic rings. The fourth-order valence-electron chi connectivity index (χ4n) is 1.67. The molecule has 0 fully saturated rings. The third-order valence-electron chi connectivity index (χ3n) is 2.78. The Hall–Kier alpha value is -1.24. The largest absolute Gasteiger partial charge is 0.289 e. The van der Waals surface area contributed by atoms with Gasteiger partial charge in [-0.15, -0.1) is 0 Å². The van der Waals surface area contributed by atoms with Gasteiger partial charge < -0.3 is 0 Å². The van der Waals surface area contributed by atoms with Crippen LogP contribution in [0.5, 0.6) is 0 Å². The molecule has 78 valence electrons. The SMILES string of the molecule is [B]c1c(C(=O)C=C)cc(C(C)C)c([B])c1C. The number of allylic oxidation sites excluding steroid dienone is 1. The van der Waals surface area contributed by atoms with Crippen molar-refractivity contribution >= 4 is 32.4 Å². The van der Waals surface area contributed by atoms with Crippen LogP contribution in [0, 0.1) is 6.92 Å². The third-order valence-corrected chi connectivity index (χ3v) is 2.78. The molecule has 0 bridgehead atoms. The van der Waals surface area contributed by atoms with Crippen molar-refractivity contribution in [1.82, 2.24) is 0 Å². The fraction of sp³-hybridized carbons (Fsp3) is 0.308. The molecular weight excluding hydrogens is 194 g/mol. The summed E-state index contributed by atoms with van der Waals surface area (Å²) >= 11 is 0. The maximum absolute atomic E-state index is 11.6. The van der Waals surface area contributed by atoms with E-state index in [-0.39, 0.29) is 11.7 Å². The standard InChI is InChI=1S/C13H14B2O/c1-5-11(16)10-6-9(7(2)3)12(14)8(4)13(10)15/h5-7H,1H2,2-4H3. The number of ketones is 1. The molecule has 0 saturated heterocycles. The Balaban J connectivity index is 3.53. The summed E-state index contributed by atoms with van der Waals surface area (Å²) in [6.45, 7) is 9.36. The molecule has 0 unspecified atom stereocenters. The number of hydrogen-bond donors (Lipinski definition) is 0. The average Bonchev–Trinajstić information content (AvgIpc) is 2.25. The Morgan fingerprint density at radius 1 is 1.38 bits per heavy atom. The molecule has 1 aromatic carbocycles. The van der Waals surface area contributed by atoms with E-state index in [0.29, 0.717) is 16.5 Å². The van der Waals surface area contributed by atoms with Crippen molar-refractivity contribution in [2.24, 2.45) is 0 Å². The topological polar surface area (TPSA) is 17.1 Å². The Kier molecular flexibility index (Phi) is 3.79. The summed E-state index contributed by atoms with van der Waals surface area (Å²) in [5, 5.41) is 0. The molecule has 0 aromatic heterocycles. The number of carbonyl (C=O) groups is 1. The molecular formula is C13H14B2O. The van der Waals surface area contributed by atoms with Gasteiger partial charge in [0.25, 0.3) is 0 Å². The first-order chi connectivity index (χ1) is 7.40. The van der Waals surface area contributed by atoms with E-state index >= 15 is 0 Å².